The highest BCUT2D eigenvalue weighted by Gasteiger charge is 2.09. The summed E-state index contributed by atoms with van der Waals surface area (Å²) in [6, 6.07) is 7.63. The van der Waals surface area contributed by atoms with Crippen LogP contribution < -0.4 is 5.32 Å². The molecule has 0 spiro atoms. The van der Waals surface area contributed by atoms with Crippen molar-refractivity contribution in [3.8, 4) is 11.4 Å². The minimum absolute atomic E-state index is 0.728. The number of nitrogens with one attached hydrogen (secondary N) is 1. The number of nitrogens with zero attached hydrogens (tertiary/aromatic N) is 3. The van der Waals surface area contributed by atoms with Crippen molar-refractivity contribution >= 4 is 11.6 Å². The van der Waals surface area contributed by atoms with Crippen LogP contribution in [-0.4, -0.2) is 28.4 Å². The Balaban J connectivity index is 2.27. The standard InChI is InChI=1S/C12H15ClN4/c1-14-8-7-11-15-16-12(17(11)2)9-3-5-10(13)6-4-9/h3-6,14H,7-8H2,1-2H3. The molecule has 0 aliphatic carbocycles. The topological polar surface area (TPSA) is 42.7 Å². The van der Waals surface area contributed by atoms with Crippen LogP contribution in [0.15, 0.2) is 24.3 Å². The van der Waals surface area contributed by atoms with E-state index in [0.717, 1.165) is 35.2 Å². The summed E-state index contributed by atoms with van der Waals surface area (Å²) in [4.78, 5) is 0. The first-order chi connectivity index (χ1) is 8.22. The Morgan fingerprint density at radius 3 is 2.59 bits per heavy atom. The fraction of sp³-hybridized carbons (Fsp3) is 0.333. The van der Waals surface area contributed by atoms with Crippen LogP contribution in [0, 0.1) is 0 Å². The number of hydrogen-bond acceptors (Lipinski definition) is 3. The summed E-state index contributed by atoms with van der Waals surface area (Å²) in [5, 5.41) is 12.2. The van der Waals surface area contributed by atoms with Crippen LogP contribution in [0.4, 0.5) is 0 Å². The van der Waals surface area contributed by atoms with Crippen molar-refractivity contribution in [1.82, 2.24) is 20.1 Å². The molecule has 1 N–H and O–H groups in total. The molecule has 0 fully saturated rings. The average molecular weight is 251 g/mol. The molecule has 5 heteroatoms. The lowest BCUT2D eigenvalue weighted by Gasteiger charge is -2.03. The van der Waals surface area contributed by atoms with Crippen LogP contribution in [0.5, 0.6) is 0 Å². The zero-order valence-electron chi connectivity index (χ0n) is 9.94. The Labute approximate surface area is 106 Å². The Kier molecular flexibility index (Phi) is 3.76. The number of hydrogen-bond donors (Lipinski definition) is 1. The molecule has 2 rings (SSSR count). The first kappa shape index (κ1) is 12.1. The van der Waals surface area contributed by atoms with Gasteiger partial charge in [-0.25, -0.2) is 0 Å². The molecule has 0 saturated heterocycles. The van der Waals surface area contributed by atoms with Crippen molar-refractivity contribution < 1.29 is 0 Å². The van der Waals surface area contributed by atoms with Crippen molar-refractivity contribution in [2.24, 2.45) is 7.05 Å². The van der Waals surface area contributed by atoms with Gasteiger partial charge in [-0.2, -0.15) is 0 Å². The van der Waals surface area contributed by atoms with Gasteiger partial charge in [-0.05, 0) is 31.3 Å². The van der Waals surface area contributed by atoms with E-state index in [2.05, 4.69) is 15.5 Å². The van der Waals surface area contributed by atoms with Crippen molar-refractivity contribution in [2.75, 3.05) is 13.6 Å². The van der Waals surface area contributed by atoms with Gasteiger partial charge in [0.15, 0.2) is 5.82 Å². The average Bonchev–Trinajstić information content (AvgIpc) is 2.69. The SMILES string of the molecule is CNCCc1nnc(-c2ccc(Cl)cc2)n1C. The van der Waals surface area contributed by atoms with Gasteiger partial charge < -0.3 is 9.88 Å². The van der Waals surface area contributed by atoms with E-state index in [0.29, 0.717) is 0 Å². The first-order valence-electron chi connectivity index (χ1n) is 5.51. The minimum Gasteiger partial charge on any atom is -0.319 e. The van der Waals surface area contributed by atoms with E-state index >= 15 is 0 Å². The molecule has 0 saturated carbocycles. The number of aromatic nitrogens is 3. The Morgan fingerprint density at radius 2 is 1.94 bits per heavy atom. The molecule has 0 atom stereocenters. The third kappa shape index (κ3) is 2.65. The lowest BCUT2D eigenvalue weighted by atomic mass is 10.2. The van der Waals surface area contributed by atoms with Gasteiger partial charge in [-0.3, -0.25) is 0 Å². The molecule has 17 heavy (non-hydrogen) atoms. The monoisotopic (exact) mass is 250 g/mol. The maximum atomic E-state index is 5.86. The second-order valence-electron chi connectivity index (χ2n) is 3.86. The number of benzene rings is 1. The molecule has 0 radical (unpaired) electrons. The summed E-state index contributed by atoms with van der Waals surface area (Å²) >= 11 is 5.86. The van der Waals surface area contributed by atoms with E-state index in [9.17, 15) is 0 Å². The smallest absolute Gasteiger partial charge is 0.163 e. The molecular formula is C12H15ClN4. The van der Waals surface area contributed by atoms with Crippen molar-refractivity contribution in [3.63, 3.8) is 0 Å². The Morgan fingerprint density at radius 1 is 1.24 bits per heavy atom. The largest absolute Gasteiger partial charge is 0.319 e. The van der Waals surface area contributed by atoms with E-state index in [1.54, 1.807) is 0 Å². The molecule has 0 amide bonds. The fourth-order valence-corrected chi connectivity index (χ4v) is 1.79. The van der Waals surface area contributed by atoms with Gasteiger partial charge in [0.1, 0.15) is 5.82 Å². The highest BCUT2D eigenvalue weighted by atomic mass is 35.5. The van der Waals surface area contributed by atoms with Crippen LogP contribution in [0.1, 0.15) is 5.82 Å². The highest BCUT2D eigenvalue weighted by Crippen LogP contribution is 2.19. The normalized spacial score (nSPS) is 10.8. The zero-order chi connectivity index (χ0) is 12.3. The number of halogens is 1. The summed E-state index contributed by atoms with van der Waals surface area (Å²) in [5.74, 6) is 1.84. The van der Waals surface area contributed by atoms with Gasteiger partial charge in [-0.15, -0.1) is 10.2 Å². The van der Waals surface area contributed by atoms with Gasteiger partial charge in [0, 0.05) is 30.6 Å². The summed E-state index contributed by atoms with van der Waals surface area (Å²) in [5.41, 5.74) is 1.03. The van der Waals surface area contributed by atoms with Crippen molar-refractivity contribution in [3.05, 3.63) is 35.1 Å². The van der Waals surface area contributed by atoms with Gasteiger partial charge in [0.05, 0.1) is 0 Å². The van der Waals surface area contributed by atoms with Crippen LogP contribution in [0.3, 0.4) is 0 Å². The number of rotatable bonds is 4. The number of likely N-dealkylation sites (N-methyl/N-ethyl adjacent to an activating group) is 1. The quantitative estimate of drug-likeness (QED) is 0.901. The highest BCUT2D eigenvalue weighted by molar-refractivity contribution is 6.30. The fourth-order valence-electron chi connectivity index (χ4n) is 1.67. The second-order valence-corrected chi connectivity index (χ2v) is 4.30. The summed E-state index contributed by atoms with van der Waals surface area (Å²) in [6.45, 7) is 0.895. The predicted octanol–water partition coefficient (Wildman–Crippen LogP) is 1.90. The molecule has 0 bridgehead atoms. The van der Waals surface area contributed by atoms with Crippen molar-refractivity contribution in [1.29, 1.82) is 0 Å². The molecular weight excluding hydrogens is 236 g/mol. The van der Waals surface area contributed by atoms with E-state index in [1.165, 1.54) is 0 Å². The third-order valence-electron chi connectivity index (χ3n) is 2.67. The van der Waals surface area contributed by atoms with Crippen LogP contribution in [0.25, 0.3) is 11.4 Å². The zero-order valence-corrected chi connectivity index (χ0v) is 10.7. The maximum Gasteiger partial charge on any atom is 0.163 e. The third-order valence-corrected chi connectivity index (χ3v) is 2.92. The minimum atomic E-state index is 0.728. The summed E-state index contributed by atoms with van der Waals surface area (Å²) < 4.78 is 2.01. The molecule has 0 aliphatic heterocycles. The molecule has 90 valence electrons. The lowest BCUT2D eigenvalue weighted by molar-refractivity contribution is 0.718. The van der Waals surface area contributed by atoms with Gasteiger partial charge in [-0.1, -0.05) is 11.6 Å². The predicted molar refractivity (Wildman–Crippen MR) is 69.1 cm³/mol. The molecule has 1 aromatic heterocycles. The van der Waals surface area contributed by atoms with Crippen LogP contribution in [0.2, 0.25) is 5.02 Å². The first-order valence-corrected chi connectivity index (χ1v) is 5.89. The molecule has 0 aliphatic rings. The molecule has 4 nitrogen and oxygen atoms in total. The van der Waals surface area contributed by atoms with E-state index in [1.807, 2.05) is 42.9 Å². The lowest BCUT2D eigenvalue weighted by Crippen LogP contribution is -2.13. The molecule has 1 heterocycles. The maximum absolute atomic E-state index is 5.86. The molecule has 0 unspecified atom stereocenters. The van der Waals surface area contributed by atoms with Crippen molar-refractivity contribution in [2.45, 2.75) is 6.42 Å². The van der Waals surface area contributed by atoms with E-state index in [-0.39, 0.29) is 0 Å². The van der Waals surface area contributed by atoms with Gasteiger partial charge >= 0.3 is 0 Å². The Bertz CT molecular complexity index is 490. The summed E-state index contributed by atoms with van der Waals surface area (Å²) in [7, 11) is 3.91. The van der Waals surface area contributed by atoms with Gasteiger partial charge in [0.2, 0.25) is 0 Å². The van der Waals surface area contributed by atoms with Crippen LogP contribution >= 0.6 is 11.6 Å². The Hall–Kier alpha value is -1.39. The second kappa shape index (κ2) is 5.29. The van der Waals surface area contributed by atoms with Crippen LogP contribution in [-0.2, 0) is 13.5 Å². The molecule has 2 aromatic rings. The molecule has 1 aromatic carbocycles. The van der Waals surface area contributed by atoms with E-state index < -0.39 is 0 Å². The van der Waals surface area contributed by atoms with E-state index in [4.69, 9.17) is 11.6 Å². The summed E-state index contributed by atoms with van der Waals surface area (Å²) in [6.07, 6.45) is 0.869. The van der Waals surface area contributed by atoms with Gasteiger partial charge in [0.25, 0.3) is 0 Å².